The molecule has 0 fully saturated rings. The molecular formula is C14H17N. The molecule has 0 saturated heterocycles. The second kappa shape index (κ2) is 4.92. The maximum atomic E-state index is 4.37. The van der Waals surface area contributed by atoms with Gasteiger partial charge in [0.25, 0.3) is 0 Å². The highest BCUT2D eigenvalue weighted by Gasteiger charge is 1.99. The van der Waals surface area contributed by atoms with Gasteiger partial charge in [-0.1, -0.05) is 38.0 Å². The van der Waals surface area contributed by atoms with E-state index in [0.29, 0.717) is 0 Å². The number of fused-ring (bicyclic) bond motifs is 1. The molecule has 1 heterocycles. The molecule has 1 aromatic carbocycles. The van der Waals surface area contributed by atoms with Gasteiger partial charge in [0.05, 0.1) is 5.52 Å². The van der Waals surface area contributed by atoms with Gasteiger partial charge in [-0.2, -0.15) is 0 Å². The van der Waals surface area contributed by atoms with Gasteiger partial charge >= 0.3 is 0 Å². The molecule has 0 N–H and O–H groups in total. The van der Waals surface area contributed by atoms with Crippen molar-refractivity contribution in [2.75, 3.05) is 0 Å². The van der Waals surface area contributed by atoms with E-state index < -0.39 is 0 Å². The Morgan fingerprint density at radius 2 is 2.00 bits per heavy atom. The summed E-state index contributed by atoms with van der Waals surface area (Å²) in [5.41, 5.74) is 2.56. The average molecular weight is 199 g/mol. The first-order valence-electron chi connectivity index (χ1n) is 5.74. The summed E-state index contributed by atoms with van der Waals surface area (Å²) in [7, 11) is 0. The Hall–Kier alpha value is -1.37. The third kappa shape index (κ3) is 2.35. The normalized spacial score (nSPS) is 10.7. The Morgan fingerprint density at radius 3 is 2.87 bits per heavy atom. The lowest BCUT2D eigenvalue weighted by atomic mass is 10.0. The largest absolute Gasteiger partial charge is 0.256 e. The molecule has 0 saturated carbocycles. The minimum Gasteiger partial charge on any atom is -0.256 e. The smallest absolute Gasteiger partial charge is 0.0704 e. The number of aryl methyl sites for hydroxylation is 1. The van der Waals surface area contributed by atoms with Crippen molar-refractivity contribution in [3.63, 3.8) is 0 Å². The maximum absolute atomic E-state index is 4.37. The number of rotatable bonds is 4. The number of hydrogen-bond acceptors (Lipinski definition) is 1. The van der Waals surface area contributed by atoms with E-state index in [4.69, 9.17) is 0 Å². The molecule has 2 aromatic rings. The van der Waals surface area contributed by atoms with Crippen LogP contribution in [0.5, 0.6) is 0 Å². The third-order valence-electron chi connectivity index (χ3n) is 2.79. The molecule has 1 aromatic heterocycles. The zero-order valence-electron chi connectivity index (χ0n) is 9.24. The van der Waals surface area contributed by atoms with Crippen LogP contribution in [0.3, 0.4) is 0 Å². The van der Waals surface area contributed by atoms with Crippen LogP contribution in [-0.2, 0) is 6.42 Å². The van der Waals surface area contributed by atoms with E-state index in [9.17, 15) is 0 Å². The average Bonchev–Trinajstić information content (AvgIpc) is 2.30. The summed E-state index contributed by atoms with van der Waals surface area (Å²) in [6.45, 7) is 2.24. The van der Waals surface area contributed by atoms with Crippen LogP contribution in [-0.4, -0.2) is 4.98 Å². The van der Waals surface area contributed by atoms with Crippen LogP contribution in [0, 0.1) is 0 Å². The second-order valence-corrected chi connectivity index (χ2v) is 3.94. The zero-order chi connectivity index (χ0) is 10.5. The van der Waals surface area contributed by atoms with Crippen molar-refractivity contribution in [2.45, 2.75) is 32.6 Å². The second-order valence-electron chi connectivity index (χ2n) is 3.94. The van der Waals surface area contributed by atoms with E-state index >= 15 is 0 Å². The van der Waals surface area contributed by atoms with Crippen molar-refractivity contribution in [1.29, 1.82) is 0 Å². The Kier molecular flexibility index (Phi) is 3.33. The first kappa shape index (κ1) is 10.2. The molecule has 78 valence electrons. The van der Waals surface area contributed by atoms with Crippen LogP contribution in [0.1, 0.15) is 31.7 Å². The molecule has 0 spiro atoms. The van der Waals surface area contributed by atoms with Crippen molar-refractivity contribution >= 4 is 10.9 Å². The Labute approximate surface area is 91.2 Å². The van der Waals surface area contributed by atoms with E-state index in [-0.39, 0.29) is 0 Å². The molecule has 0 amide bonds. The van der Waals surface area contributed by atoms with Gasteiger partial charge < -0.3 is 0 Å². The molecule has 0 aliphatic rings. The fourth-order valence-corrected chi connectivity index (χ4v) is 1.95. The van der Waals surface area contributed by atoms with E-state index in [2.05, 4.69) is 36.2 Å². The number of hydrogen-bond donors (Lipinski definition) is 0. The highest BCUT2D eigenvalue weighted by Crippen LogP contribution is 2.18. The maximum Gasteiger partial charge on any atom is 0.0704 e. The summed E-state index contributed by atoms with van der Waals surface area (Å²) >= 11 is 0. The van der Waals surface area contributed by atoms with Crippen molar-refractivity contribution < 1.29 is 0 Å². The minimum atomic E-state index is 1.12. The van der Waals surface area contributed by atoms with Gasteiger partial charge in [-0.3, -0.25) is 4.98 Å². The fraction of sp³-hybridized carbons (Fsp3) is 0.357. The van der Waals surface area contributed by atoms with Gasteiger partial charge in [-0.25, -0.2) is 0 Å². The highest BCUT2D eigenvalue weighted by molar-refractivity contribution is 5.81. The standard InChI is InChI=1S/C14H17N/c1-2-3-4-7-12-8-5-10-14-13(12)9-6-11-15-14/h5-6,8-11H,2-4,7H2,1H3. The van der Waals surface area contributed by atoms with Crippen LogP contribution >= 0.6 is 0 Å². The van der Waals surface area contributed by atoms with Crippen LogP contribution < -0.4 is 0 Å². The predicted octanol–water partition coefficient (Wildman–Crippen LogP) is 3.97. The van der Waals surface area contributed by atoms with Gasteiger partial charge in [-0.05, 0) is 30.5 Å². The molecule has 0 unspecified atom stereocenters. The van der Waals surface area contributed by atoms with E-state index in [1.165, 1.54) is 36.6 Å². The van der Waals surface area contributed by atoms with Crippen LogP contribution in [0.4, 0.5) is 0 Å². The Bertz CT molecular complexity index is 429. The topological polar surface area (TPSA) is 12.9 Å². The molecule has 0 bridgehead atoms. The minimum absolute atomic E-state index is 1.12. The summed E-state index contributed by atoms with van der Waals surface area (Å²) in [6, 6.07) is 10.6. The van der Waals surface area contributed by atoms with Gasteiger partial charge in [-0.15, -0.1) is 0 Å². The number of aromatic nitrogens is 1. The first-order valence-corrected chi connectivity index (χ1v) is 5.74. The molecule has 1 nitrogen and oxygen atoms in total. The Morgan fingerprint density at radius 1 is 1.07 bits per heavy atom. The molecular weight excluding hydrogens is 182 g/mol. The van der Waals surface area contributed by atoms with Crippen LogP contribution in [0.15, 0.2) is 36.5 Å². The summed E-state index contributed by atoms with van der Waals surface area (Å²) in [6.07, 6.45) is 6.92. The number of nitrogens with zero attached hydrogens (tertiary/aromatic N) is 1. The highest BCUT2D eigenvalue weighted by atomic mass is 14.6. The monoisotopic (exact) mass is 199 g/mol. The molecule has 0 aliphatic heterocycles. The van der Waals surface area contributed by atoms with Crippen LogP contribution in [0.25, 0.3) is 10.9 Å². The summed E-state index contributed by atoms with van der Waals surface area (Å²) in [4.78, 5) is 4.37. The van der Waals surface area contributed by atoms with Crippen molar-refractivity contribution in [2.24, 2.45) is 0 Å². The molecule has 2 rings (SSSR count). The number of unbranched alkanes of at least 4 members (excludes halogenated alkanes) is 2. The van der Waals surface area contributed by atoms with Crippen molar-refractivity contribution in [3.8, 4) is 0 Å². The molecule has 0 aliphatic carbocycles. The van der Waals surface area contributed by atoms with Gasteiger partial charge in [0.15, 0.2) is 0 Å². The Balaban J connectivity index is 2.26. The first-order chi connectivity index (χ1) is 7.42. The summed E-state index contributed by atoms with van der Waals surface area (Å²) in [5, 5.41) is 1.32. The SMILES string of the molecule is CCCCCc1cccc2ncccc12. The lowest BCUT2D eigenvalue weighted by Crippen LogP contribution is -1.88. The van der Waals surface area contributed by atoms with E-state index in [1.54, 1.807) is 0 Å². The quantitative estimate of drug-likeness (QED) is 0.679. The number of pyridine rings is 1. The molecule has 1 heteroatoms. The summed E-state index contributed by atoms with van der Waals surface area (Å²) < 4.78 is 0. The van der Waals surface area contributed by atoms with Gasteiger partial charge in [0, 0.05) is 11.6 Å². The van der Waals surface area contributed by atoms with Crippen molar-refractivity contribution in [3.05, 3.63) is 42.1 Å². The fourth-order valence-electron chi connectivity index (χ4n) is 1.95. The third-order valence-corrected chi connectivity index (χ3v) is 2.79. The van der Waals surface area contributed by atoms with E-state index in [1.807, 2.05) is 12.3 Å². The van der Waals surface area contributed by atoms with Gasteiger partial charge in [0.2, 0.25) is 0 Å². The van der Waals surface area contributed by atoms with E-state index in [0.717, 1.165) is 5.52 Å². The van der Waals surface area contributed by atoms with Crippen molar-refractivity contribution in [1.82, 2.24) is 4.98 Å². The number of benzene rings is 1. The predicted molar refractivity (Wildman–Crippen MR) is 65.0 cm³/mol. The molecule has 15 heavy (non-hydrogen) atoms. The molecule has 0 radical (unpaired) electrons. The van der Waals surface area contributed by atoms with Crippen LogP contribution in [0.2, 0.25) is 0 Å². The zero-order valence-corrected chi connectivity index (χ0v) is 9.24. The lowest BCUT2D eigenvalue weighted by molar-refractivity contribution is 0.719. The lowest BCUT2D eigenvalue weighted by Gasteiger charge is -2.04. The molecule has 0 atom stereocenters. The van der Waals surface area contributed by atoms with Gasteiger partial charge in [0.1, 0.15) is 0 Å². The summed E-state index contributed by atoms with van der Waals surface area (Å²) in [5.74, 6) is 0.